The van der Waals surface area contributed by atoms with E-state index in [1.807, 2.05) is 19.1 Å². The zero-order valence-electron chi connectivity index (χ0n) is 13.1. The molecule has 1 aromatic rings. The van der Waals surface area contributed by atoms with Crippen LogP contribution >= 0.6 is 11.6 Å². The minimum atomic E-state index is -1.02. The summed E-state index contributed by atoms with van der Waals surface area (Å²) in [6.07, 6.45) is 1.56. The molecule has 1 aliphatic rings. The summed E-state index contributed by atoms with van der Waals surface area (Å²) in [7, 11) is 0. The summed E-state index contributed by atoms with van der Waals surface area (Å²) >= 11 is 5.94. The van der Waals surface area contributed by atoms with Crippen molar-refractivity contribution < 1.29 is 14.3 Å². The number of carbonyl (C=O) groups excluding carboxylic acids is 2. The molecule has 0 spiro atoms. The zero-order valence-corrected chi connectivity index (χ0v) is 13.8. The molecule has 1 aliphatic heterocycles. The molecule has 5 heteroatoms. The van der Waals surface area contributed by atoms with Gasteiger partial charge in [-0.1, -0.05) is 37.1 Å². The van der Waals surface area contributed by atoms with Gasteiger partial charge in [-0.2, -0.15) is 0 Å². The van der Waals surface area contributed by atoms with E-state index >= 15 is 0 Å². The van der Waals surface area contributed by atoms with Gasteiger partial charge >= 0.3 is 5.97 Å². The maximum Gasteiger partial charge on any atom is 0.341 e. The molecule has 0 N–H and O–H groups in total. The maximum absolute atomic E-state index is 12.5. The molecule has 0 aliphatic carbocycles. The number of nitrogens with zero attached hydrogens (tertiary/aromatic N) is 1. The van der Waals surface area contributed by atoms with Crippen LogP contribution in [0, 0.1) is 0 Å². The van der Waals surface area contributed by atoms with Crippen LogP contribution < -0.4 is 0 Å². The Hall–Kier alpha value is -1.68. The topological polar surface area (TPSA) is 55.7 Å². The number of carbonyl (C=O) groups is 2. The van der Waals surface area contributed by atoms with Gasteiger partial charge in [-0.15, -0.1) is 0 Å². The quantitative estimate of drug-likeness (QED) is 0.746. The predicted octanol–water partition coefficient (Wildman–Crippen LogP) is 3.92. The Balaban J connectivity index is 2.52. The average molecular weight is 322 g/mol. The maximum atomic E-state index is 12.5. The lowest BCUT2D eigenvalue weighted by Crippen LogP contribution is -2.41. The van der Waals surface area contributed by atoms with Gasteiger partial charge in [-0.3, -0.25) is 0 Å². The van der Waals surface area contributed by atoms with E-state index in [1.165, 1.54) is 6.92 Å². The van der Waals surface area contributed by atoms with Crippen molar-refractivity contribution in [3.8, 4) is 0 Å². The Morgan fingerprint density at radius 3 is 2.45 bits per heavy atom. The molecule has 1 aromatic carbocycles. The fourth-order valence-electron chi connectivity index (χ4n) is 3.05. The average Bonchev–Trinajstić information content (AvgIpc) is 2.72. The molecule has 0 fully saturated rings. The third-order valence-corrected chi connectivity index (χ3v) is 4.17. The number of hydrogen-bond acceptors (Lipinski definition) is 4. The van der Waals surface area contributed by atoms with Crippen molar-refractivity contribution in [2.24, 2.45) is 4.99 Å². The van der Waals surface area contributed by atoms with Gasteiger partial charge in [0.05, 0.1) is 0 Å². The van der Waals surface area contributed by atoms with Gasteiger partial charge in [0.1, 0.15) is 5.78 Å². The summed E-state index contributed by atoms with van der Waals surface area (Å²) in [5.41, 5.74) is -0.137. The highest BCUT2D eigenvalue weighted by Crippen LogP contribution is 2.42. The number of rotatable bonds is 6. The largest absolute Gasteiger partial charge is 0.410 e. The van der Waals surface area contributed by atoms with Crippen LogP contribution in [0.4, 0.5) is 0 Å². The number of esters is 1. The summed E-state index contributed by atoms with van der Waals surface area (Å²) < 4.78 is 5.21. The smallest absolute Gasteiger partial charge is 0.341 e. The summed E-state index contributed by atoms with van der Waals surface area (Å²) in [5, 5.41) is 0.614. The molecule has 0 bridgehead atoms. The van der Waals surface area contributed by atoms with Crippen molar-refractivity contribution >= 4 is 29.3 Å². The highest BCUT2D eigenvalue weighted by atomic mass is 35.5. The second-order valence-corrected chi connectivity index (χ2v) is 6.14. The normalized spacial score (nSPS) is 22.2. The number of ketones is 1. The molecule has 0 radical (unpaired) electrons. The van der Waals surface area contributed by atoms with E-state index in [2.05, 4.69) is 4.99 Å². The van der Waals surface area contributed by atoms with E-state index in [1.54, 1.807) is 19.1 Å². The highest BCUT2D eigenvalue weighted by Gasteiger charge is 2.51. The minimum Gasteiger partial charge on any atom is -0.410 e. The number of halogens is 1. The molecular formula is C17H20ClNO3. The number of benzene rings is 1. The second-order valence-electron chi connectivity index (χ2n) is 5.70. The van der Waals surface area contributed by atoms with Crippen LogP contribution in [0.1, 0.15) is 51.5 Å². The summed E-state index contributed by atoms with van der Waals surface area (Å²) in [4.78, 5) is 28.7. The molecule has 22 heavy (non-hydrogen) atoms. The van der Waals surface area contributed by atoms with Gasteiger partial charge in [0, 0.05) is 24.3 Å². The van der Waals surface area contributed by atoms with Crippen LogP contribution in [-0.2, 0) is 14.3 Å². The summed E-state index contributed by atoms with van der Waals surface area (Å²) in [5.74, 6) is -0.329. The molecule has 0 unspecified atom stereocenters. The van der Waals surface area contributed by atoms with Crippen molar-refractivity contribution in [3.05, 3.63) is 34.9 Å². The summed E-state index contributed by atoms with van der Waals surface area (Å²) in [6, 6.07) is 7.23. The third kappa shape index (κ3) is 3.22. The van der Waals surface area contributed by atoms with E-state index in [0.29, 0.717) is 17.3 Å². The predicted molar refractivity (Wildman–Crippen MR) is 86.3 cm³/mol. The number of Topliss-reactive ketones (excluding diaryl/α,β-unsaturated/α-hetero) is 1. The highest BCUT2D eigenvalue weighted by molar-refractivity contribution is 6.30. The first-order valence-electron chi connectivity index (χ1n) is 7.42. The Morgan fingerprint density at radius 2 is 2.00 bits per heavy atom. The molecule has 118 valence electrons. The van der Waals surface area contributed by atoms with Gasteiger partial charge in [0.2, 0.25) is 0 Å². The molecule has 4 nitrogen and oxygen atoms in total. The molecule has 0 saturated heterocycles. The van der Waals surface area contributed by atoms with Crippen LogP contribution in [0.25, 0.3) is 0 Å². The van der Waals surface area contributed by atoms with Gasteiger partial charge in [0.25, 0.3) is 0 Å². The Labute approximate surface area is 135 Å². The molecule has 0 aromatic heterocycles. The van der Waals surface area contributed by atoms with E-state index in [9.17, 15) is 9.59 Å². The van der Waals surface area contributed by atoms with Crippen LogP contribution in [0.3, 0.4) is 0 Å². The number of cyclic esters (lactones) is 1. The standard InChI is InChI=1S/C17H20ClNO3/c1-4-9-17(16(21)22-12(3)19-17)15(10-11(2)20)13-5-7-14(18)8-6-13/h5-8,15H,4,9-10H2,1-3H3/t15-,17-/m1/s1. The monoisotopic (exact) mass is 321 g/mol. The van der Waals surface area contributed by atoms with E-state index in [-0.39, 0.29) is 24.1 Å². The van der Waals surface area contributed by atoms with Crippen LogP contribution in [0.2, 0.25) is 5.02 Å². The second kappa shape index (κ2) is 6.61. The fraction of sp³-hybridized carbons (Fsp3) is 0.471. The van der Waals surface area contributed by atoms with Crippen LogP contribution in [0.15, 0.2) is 29.3 Å². The number of aliphatic imine (C=N–C) groups is 1. The van der Waals surface area contributed by atoms with Crippen molar-refractivity contribution in [1.29, 1.82) is 0 Å². The fourth-order valence-corrected chi connectivity index (χ4v) is 3.18. The lowest BCUT2D eigenvalue weighted by molar-refractivity contribution is -0.140. The van der Waals surface area contributed by atoms with Gasteiger partial charge < -0.3 is 9.53 Å². The Morgan fingerprint density at radius 1 is 1.36 bits per heavy atom. The van der Waals surface area contributed by atoms with Crippen molar-refractivity contribution in [3.63, 3.8) is 0 Å². The van der Waals surface area contributed by atoms with Crippen molar-refractivity contribution in [2.75, 3.05) is 0 Å². The lowest BCUT2D eigenvalue weighted by atomic mass is 9.74. The number of ether oxygens (including phenoxy) is 1. The first-order valence-corrected chi connectivity index (χ1v) is 7.80. The number of hydrogen-bond donors (Lipinski definition) is 0. The SMILES string of the molecule is CCC[C@]1([C@H](CC(C)=O)c2ccc(Cl)cc2)N=C(C)OC1=O. The van der Waals surface area contributed by atoms with Gasteiger partial charge in [-0.05, 0) is 31.0 Å². The van der Waals surface area contributed by atoms with Gasteiger partial charge in [-0.25, -0.2) is 9.79 Å². The van der Waals surface area contributed by atoms with Crippen LogP contribution in [0.5, 0.6) is 0 Å². The van der Waals surface area contributed by atoms with Crippen LogP contribution in [-0.4, -0.2) is 23.2 Å². The van der Waals surface area contributed by atoms with Crippen molar-refractivity contribution in [2.45, 2.75) is 51.5 Å². The first kappa shape index (κ1) is 16.7. The molecule has 0 saturated carbocycles. The Kier molecular flexibility index (Phi) is 5.01. The first-order chi connectivity index (χ1) is 10.4. The van der Waals surface area contributed by atoms with E-state index in [4.69, 9.17) is 16.3 Å². The lowest BCUT2D eigenvalue weighted by Gasteiger charge is -2.31. The van der Waals surface area contributed by atoms with E-state index in [0.717, 1.165) is 12.0 Å². The molecule has 0 amide bonds. The summed E-state index contributed by atoms with van der Waals surface area (Å²) in [6.45, 7) is 5.19. The Bertz CT molecular complexity index is 609. The third-order valence-electron chi connectivity index (χ3n) is 3.92. The van der Waals surface area contributed by atoms with E-state index < -0.39 is 5.54 Å². The minimum absolute atomic E-state index is 0.0166. The van der Waals surface area contributed by atoms with Crippen molar-refractivity contribution in [1.82, 2.24) is 0 Å². The molecule has 2 rings (SSSR count). The molecule has 1 heterocycles. The van der Waals surface area contributed by atoms with Gasteiger partial charge in [0.15, 0.2) is 11.4 Å². The molecular weight excluding hydrogens is 302 g/mol. The zero-order chi connectivity index (χ0) is 16.3. The molecule has 2 atom stereocenters.